The van der Waals surface area contributed by atoms with Crippen LogP contribution in [0.4, 0.5) is 0 Å². The van der Waals surface area contributed by atoms with Gasteiger partial charge in [0.05, 0.1) is 12.7 Å². The molecule has 1 aliphatic rings. The maximum absolute atomic E-state index is 9.02. The van der Waals surface area contributed by atoms with Gasteiger partial charge in [-0.1, -0.05) is 15.9 Å². The molecule has 0 amide bonds. The van der Waals surface area contributed by atoms with Gasteiger partial charge >= 0.3 is 0 Å². The fourth-order valence-electron chi connectivity index (χ4n) is 0.700. The highest BCUT2D eigenvalue weighted by molar-refractivity contribution is 9.09. The van der Waals surface area contributed by atoms with Crippen LogP contribution in [-0.4, -0.2) is 29.8 Å². The highest BCUT2D eigenvalue weighted by Crippen LogP contribution is 2.28. The molecule has 10 heavy (non-hydrogen) atoms. The van der Waals surface area contributed by atoms with E-state index in [9.17, 15) is 0 Å². The van der Waals surface area contributed by atoms with E-state index in [1.165, 1.54) is 12.8 Å². The third kappa shape index (κ3) is 3.54. The molecule has 3 heteroatoms. The van der Waals surface area contributed by atoms with Crippen molar-refractivity contribution in [3.63, 3.8) is 0 Å². The van der Waals surface area contributed by atoms with E-state index >= 15 is 0 Å². The molecule has 0 aromatic rings. The Labute approximate surface area is 69.7 Å². The second-order valence-electron chi connectivity index (χ2n) is 2.79. The third-order valence-electron chi connectivity index (χ3n) is 1.54. The predicted octanol–water partition coefficient (Wildman–Crippen LogP) is 1.17. The Kier molecular flexibility index (Phi) is 3.66. The van der Waals surface area contributed by atoms with Crippen LogP contribution in [-0.2, 0) is 4.74 Å². The molecular weight excluding hydrogens is 196 g/mol. The summed E-state index contributed by atoms with van der Waals surface area (Å²) in [6, 6.07) is 0. The number of hydrogen-bond donors (Lipinski definition) is 1. The SMILES string of the molecule is OC(CBr)COCC1CC1. The van der Waals surface area contributed by atoms with E-state index < -0.39 is 0 Å². The van der Waals surface area contributed by atoms with E-state index in [0.717, 1.165) is 12.5 Å². The van der Waals surface area contributed by atoms with E-state index in [2.05, 4.69) is 15.9 Å². The van der Waals surface area contributed by atoms with Crippen molar-refractivity contribution in [2.45, 2.75) is 18.9 Å². The summed E-state index contributed by atoms with van der Waals surface area (Å²) in [4.78, 5) is 0. The van der Waals surface area contributed by atoms with Crippen LogP contribution in [0.2, 0.25) is 0 Å². The van der Waals surface area contributed by atoms with Crippen molar-refractivity contribution in [1.29, 1.82) is 0 Å². The summed E-state index contributed by atoms with van der Waals surface area (Å²) in [6.45, 7) is 1.31. The van der Waals surface area contributed by atoms with E-state index in [4.69, 9.17) is 9.84 Å². The van der Waals surface area contributed by atoms with Gasteiger partial charge in [-0.2, -0.15) is 0 Å². The highest BCUT2D eigenvalue weighted by Gasteiger charge is 2.21. The smallest absolute Gasteiger partial charge is 0.0870 e. The molecule has 0 radical (unpaired) electrons. The summed E-state index contributed by atoms with van der Waals surface area (Å²) in [5, 5.41) is 9.63. The average Bonchev–Trinajstić information content (AvgIpc) is 2.71. The van der Waals surface area contributed by atoms with Crippen LogP contribution in [0.15, 0.2) is 0 Å². The summed E-state index contributed by atoms with van der Waals surface area (Å²) in [6.07, 6.45) is 2.29. The van der Waals surface area contributed by atoms with Crippen molar-refractivity contribution in [1.82, 2.24) is 0 Å². The first-order valence-corrected chi connectivity index (χ1v) is 4.77. The Morgan fingerprint density at radius 2 is 2.30 bits per heavy atom. The fraction of sp³-hybridized carbons (Fsp3) is 1.00. The third-order valence-corrected chi connectivity index (χ3v) is 2.29. The van der Waals surface area contributed by atoms with Gasteiger partial charge in [0.25, 0.3) is 0 Å². The van der Waals surface area contributed by atoms with Crippen molar-refractivity contribution in [3.8, 4) is 0 Å². The lowest BCUT2D eigenvalue weighted by molar-refractivity contribution is 0.0441. The number of alkyl halides is 1. The first-order valence-electron chi connectivity index (χ1n) is 3.64. The number of ether oxygens (including phenoxy) is 1. The van der Waals surface area contributed by atoms with Crippen LogP contribution in [0.5, 0.6) is 0 Å². The van der Waals surface area contributed by atoms with Gasteiger partial charge in [-0.15, -0.1) is 0 Å². The Bertz CT molecular complexity index is 93.6. The predicted molar refractivity (Wildman–Crippen MR) is 43.3 cm³/mol. The summed E-state index contributed by atoms with van der Waals surface area (Å²) < 4.78 is 5.23. The molecule has 0 spiro atoms. The molecule has 0 saturated heterocycles. The highest BCUT2D eigenvalue weighted by atomic mass is 79.9. The summed E-state index contributed by atoms with van der Waals surface area (Å²) in [7, 11) is 0. The summed E-state index contributed by atoms with van der Waals surface area (Å²) in [5.41, 5.74) is 0. The quantitative estimate of drug-likeness (QED) is 0.688. The molecule has 60 valence electrons. The largest absolute Gasteiger partial charge is 0.390 e. The van der Waals surface area contributed by atoms with Crippen LogP contribution in [0.25, 0.3) is 0 Å². The lowest BCUT2D eigenvalue weighted by Gasteiger charge is -2.06. The molecule has 0 aromatic heterocycles. The van der Waals surface area contributed by atoms with Crippen LogP contribution >= 0.6 is 15.9 Å². The molecular formula is C7H13BrO2. The number of aliphatic hydroxyl groups excluding tert-OH is 1. The molecule has 1 aliphatic carbocycles. The standard InChI is InChI=1S/C7H13BrO2/c8-3-7(9)5-10-4-6-1-2-6/h6-7,9H,1-5H2. The number of aliphatic hydroxyl groups is 1. The van der Waals surface area contributed by atoms with Crippen LogP contribution in [0.1, 0.15) is 12.8 Å². The molecule has 2 nitrogen and oxygen atoms in total. The van der Waals surface area contributed by atoms with Gasteiger partial charge < -0.3 is 9.84 Å². The number of hydrogen-bond acceptors (Lipinski definition) is 2. The molecule has 0 aliphatic heterocycles. The first kappa shape index (κ1) is 8.50. The minimum Gasteiger partial charge on any atom is -0.390 e. The molecule has 0 heterocycles. The van der Waals surface area contributed by atoms with Crippen LogP contribution < -0.4 is 0 Å². The van der Waals surface area contributed by atoms with Gasteiger partial charge in [0.15, 0.2) is 0 Å². The molecule has 1 atom stereocenters. The minimum absolute atomic E-state index is 0.334. The van der Waals surface area contributed by atoms with Crippen molar-refractivity contribution in [3.05, 3.63) is 0 Å². The van der Waals surface area contributed by atoms with Crippen molar-refractivity contribution in [2.75, 3.05) is 18.5 Å². The van der Waals surface area contributed by atoms with Crippen molar-refractivity contribution < 1.29 is 9.84 Å². The maximum atomic E-state index is 9.02. The molecule has 0 aromatic carbocycles. The number of halogens is 1. The van der Waals surface area contributed by atoms with Crippen LogP contribution in [0, 0.1) is 5.92 Å². The van der Waals surface area contributed by atoms with Gasteiger partial charge in [-0.3, -0.25) is 0 Å². The van der Waals surface area contributed by atoms with E-state index in [1.807, 2.05) is 0 Å². The Morgan fingerprint density at radius 3 is 2.80 bits per heavy atom. The van der Waals surface area contributed by atoms with Gasteiger partial charge in [0, 0.05) is 11.9 Å². The molecule has 1 fully saturated rings. The fourth-order valence-corrected chi connectivity index (χ4v) is 0.887. The van der Waals surface area contributed by atoms with Crippen molar-refractivity contribution >= 4 is 15.9 Å². The van der Waals surface area contributed by atoms with Gasteiger partial charge in [0.2, 0.25) is 0 Å². The molecule has 1 rings (SSSR count). The van der Waals surface area contributed by atoms with Gasteiger partial charge in [0.1, 0.15) is 0 Å². The van der Waals surface area contributed by atoms with Crippen LogP contribution in [0.3, 0.4) is 0 Å². The van der Waals surface area contributed by atoms with Gasteiger partial charge in [-0.25, -0.2) is 0 Å². The maximum Gasteiger partial charge on any atom is 0.0870 e. The Morgan fingerprint density at radius 1 is 1.60 bits per heavy atom. The zero-order chi connectivity index (χ0) is 7.40. The minimum atomic E-state index is -0.334. The molecule has 1 saturated carbocycles. The van der Waals surface area contributed by atoms with E-state index in [1.54, 1.807) is 0 Å². The monoisotopic (exact) mass is 208 g/mol. The lowest BCUT2D eigenvalue weighted by atomic mass is 10.4. The first-order chi connectivity index (χ1) is 4.83. The zero-order valence-electron chi connectivity index (χ0n) is 5.92. The molecule has 0 bridgehead atoms. The normalized spacial score (nSPS) is 21.0. The van der Waals surface area contributed by atoms with E-state index in [-0.39, 0.29) is 6.10 Å². The second kappa shape index (κ2) is 4.31. The number of rotatable bonds is 5. The molecule has 1 N–H and O–H groups in total. The topological polar surface area (TPSA) is 29.5 Å². The Balaban J connectivity index is 1.83. The lowest BCUT2D eigenvalue weighted by Crippen LogP contribution is -2.17. The Hall–Kier alpha value is 0.400. The summed E-state index contributed by atoms with van der Waals surface area (Å²) in [5.74, 6) is 0.794. The zero-order valence-corrected chi connectivity index (χ0v) is 7.51. The van der Waals surface area contributed by atoms with Crippen molar-refractivity contribution in [2.24, 2.45) is 5.92 Å². The van der Waals surface area contributed by atoms with Gasteiger partial charge in [-0.05, 0) is 18.8 Å². The molecule has 1 unspecified atom stereocenters. The summed E-state index contributed by atoms with van der Waals surface area (Å²) >= 11 is 3.17. The second-order valence-corrected chi connectivity index (χ2v) is 3.44. The van der Waals surface area contributed by atoms with E-state index in [0.29, 0.717) is 11.9 Å². The average molecular weight is 209 g/mol.